The molecule has 0 heterocycles. The Morgan fingerprint density at radius 1 is 0.556 bits per heavy atom. The SMILES string of the molecule is N#CC(C#N)=c1cc(C#N)/c(=C(\C#N)c2c(C#N)c(C(F)(F)F)cc(C(F)(F)F)c2C#N)cc1C#N. The van der Waals surface area contributed by atoms with E-state index in [9.17, 15) is 52.7 Å². The molecule has 0 fully saturated rings. The van der Waals surface area contributed by atoms with Crippen molar-refractivity contribution < 1.29 is 26.3 Å². The average molecular weight is 491 g/mol. The number of hydrogen-bond donors (Lipinski definition) is 0. The average Bonchev–Trinajstić information content (AvgIpc) is 2.83. The molecule has 0 aliphatic carbocycles. The molecule has 0 saturated heterocycles. The van der Waals surface area contributed by atoms with Gasteiger partial charge in [0.2, 0.25) is 0 Å². The number of hydrogen-bond acceptors (Lipinski definition) is 7. The van der Waals surface area contributed by atoms with Gasteiger partial charge in [0.25, 0.3) is 0 Å². The zero-order chi connectivity index (χ0) is 27.4. The highest BCUT2D eigenvalue weighted by molar-refractivity contribution is 5.86. The third-order valence-corrected chi connectivity index (χ3v) is 4.68. The van der Waals surface area contributed by atoms with Crippen LogP contribution in [-0.2, 0) is 12.4 Å². The summed E-state index contributed by atoms with van der Waals surface area (Å²) in [5.41, 5.74) is -11.4. The molecule has 0 saturated carbocycles. The monoisotopic (exact) mass is 491 g/mol. The fraction of sp³-hybridized carbons (Fsp3) is 0.0870. The van der Waals surface area contributed by atoms with Crippen LogP contribution in [0.1, 0.15) is 38.9 Å². The first-order valence-electron chi connectivity index (χ1n) is 8.93. The van der Waals surface area contributed by atoms with Crippen molar-refractivity contribution in [3.63, 3.8) is 0 Å². The summed E-state index contributed by atoms with van der Waals surface area (Å²) in [4.78, 5) is 0. The van der Waals surface area contributed by atoms with Crippen molar-refractivity contribution in [2.24, 2.45) is 0 Å². The fourth-order valence-corrected chi connectivity index (χ4v) is 3.21. The maximum Gasteiger partial charge on any atom is 0.417 e. The van der Waals surface area contributed by atoms with Gasteiger partial charge in [-0.2, -0.15) is 63.2 Å². The standard InChI is InChI=1S/C23H3F6N7/c24-22(25,26)19-3-20(23(27,28)29)18(10-36)21(17(19)9-35)16(8-34)15-2-11(4-30)14(1-12(15)5-31)13(6-32)7-33/h1-3H/b16-15+. The highest BCUT2D eigenvalue weighted by Gasteiger charge is 2.43. The number of benzene rings is 2. The Morgan fingerprint density at radius 3 is 1.31 bits per heavy atom. The van der Waals surface area contributed by atoms with Gasteiger partial charge in [0, 0.05) is 16.0 Å². The van der Waals surface area contributed by atoms with Gasteiger partial charge < -0.3 is 0 Å². The Labute approximate surface area is 197 Å². The zero-order valence-electron chi connectivity index (χ0n) is 17.1. The van der Waals surface area contributed by atoms with E-state index in [0.717, 1.165) is 18.2 Å². The van der Waals surface area contributed by atoms with Crippen LogP contribution in [0.25, 0.3) is 11.1 Å². The molecule has 0 aliphatic heterocycles. The molecule has 0 radical (unpaired) electrons. The van der Waals surface area contributed by atoms with Crippen molar-refractivity contribution in [1.82, 2.24) is 0 Å². The van der Waals surface area contributed by atoms with Crippen LogP contribution in [0.5, 0.6) is 0 Å². The lowest BCUT2D eigenvalue weighted by Crippen LogP contribution is -2.23. The summed E-state index contributed by atoms with van der Waals surface area (Å²) in [6, 6.07) is 10.5. The molecule has 2 aromatic carbocycles. The number of alkyl halides is 6. The van der Waals surface area contributed by atoms with E-state index in [1.54, 1.807) is 6.07 Å². The van der Waals surface area contributed by atoms with Gasteiger partial charge in [0.15, 0.2) is 0 Å². The van der Waals surface area contributed by atoms with E-state index >= 15 is 0 Å². The van der Waals surface area contributed by atoms with Crippen molar-refractivity contribution in [3.8, 4) is 42.5 Å². The molecule has 0 atom stereocenters. The van der Waals surface area contributed by atoms with Crippen molar-refractivity contribution in [1.29, 1.82) is 36.8 Å². The van der Waals surface area contributed by atoms with E-state index in [4.69, 9.17) is 10.5 Å². The van der Waals surface area contributed by atoms with Crippen LogP contribution in [0.3, 0.4) is 0 Å². The van der Waals surface area contributed by atoms with Crippen LogP contribution in [0, 0.1) is 79.3 Å². The van der Waals surface area contributed by atoms with Crippen LogP contribution in [0.15, 0.2) is 18.2 Å². The maximum atomic E-state index is 13.6. The molecular weight excluding hydrogens is 488 g/mol. The molecule has 36 heavy (non-hydrogen) atoms. The number of halogens is 6. The smallest absolute Gasteiger partial charge is 0.192 e. The lowest BCUT2D eigenvalue weighted by atomic mass is 9.86. The molecule has 0 N–H and O–H groups in total. The molecule has 0 unspecified atom stereocenters. The Bertz CT molecular complexity index is 1660. The summed E-state index contributed by atoms with van der Waals surface area (Å²) in [6.45, 7) is 0. The molecule has 0 amide bonds. The van der Waals surface area contributed by atoms with Crippen molar-refractivity contribution in [2.75, 3.05) is 0 Å². The number of nitrogens with zero attached hydrogens (tertiary/aromatic N) is 7. The van der Waals surface area contributed by atoms with Gasteiger partial charge in [-0.1, -0.05) is 0 Å². The zero-order valence-corrected chi connectivity index (χ0v) is 17.1. The maximum absolute atomic E-state index is 13.6. The molecule has 0 bridgehead atoms. The lowest BCUT2D eigenvalue weighted by Gasteiger charge is -2.18. The summed E-state index contributed by atoms with van der Waals surface area (Å²) in [5.74, 6) is 0. The van der Waals surface area contributed by atoms with Crippen molar-refractivity contribution >= 4 is 11.1 Å². The van der Waals surface area contributed by atoms with Crippen LogP contribution < -0.4 is 10.4 Å². The molecule has 172 valence electrons. The van der Waals surface area contributed by atoms with E-state index in [1.165, 1.54) is 24.3 Å². The Hall–Kier alpha value is -5.81. The number of rotatable bonds is 1. The molecule has 0 spiro atoms. The van der Waals surface area contributed by atoms with Crippen LogP contribution >= 0.6 is 0 Å². The Kier molecular flexibility index (Phi) is 7.04. The molecule has 2 aromatic rings. The van der Waals surface area contributed by atoms with Gasteiger partial charge in [-0.3, -0.25) is 0 Å². The quantitative estimate of drug-likeness (QED) is 0.552. The Balaban J connectivity index is 3.47. The van der Waals surface area contributed by atoms with E-state index in [1.807, 2.05) is 0 Å². The van der Waals surface area contributed by atoms with Crippen LogP contribution in [-0.4, -0.2) is 0 Å². The second kappa shape index (κ2) is 9.59. The first-order chi connectivity index (χ1) is 16.8. The molecule has 0 aromatic heterocycles. The van der Waals surface area contributed by atoms with E-state index in [0.29, 0.717) is 6.07 Å². The molecule has 7 nitrogen and oxygen atoms in total. The van der Waals surface area contributed by atoms with E-state index in [2.05, 4.69) is 0 Å². The third-order valence-electron chi connectivity index (χ3n) is 4.68. The van der Waals surface area contributed by atoms with Crippen molar-refractivity contribution in [3.05, 3.63) is 67.6 Å². The normalized spacial score (nSPS) is 11.3. The van der Waals surface area contributed by atoms with Gasteiger partial charge in [-0.15, -0.1) is 0 Å². The molecular formula is C23H3F6N7. The fourth-order valence-electron chi connectivity index (χ4n) is 3.21. The second-order valence-corrected chi connectivity index (χ2v) is 6.57. The predicted molar refractivity (Wildman–Crippen MR) is 104 cm³/mol. The first-order valence-corrected chi connectivity index (χ1v) is 8.93. The highest BCUT2D eigenvalue weighted by Crippen LogP contribution is 2.42. The summed E-state index contributed by atoms with van der Waals surface area (Å²) >= 11 is 0. The van der Waals surface area contributed by atoms with Gasteiger partial charge in [-0.05, 0) is 18.2 Å². The van der Waals surface area contributed by atoms with E-state index < -0.39 is 73.7 Å². The highest BCUT2D eigenvalue weighted by atomic mass is 19.4. The Morgan fingerprint density at radius 2 is 0.972 bits per heavy atom. The lowest BCUT2D eigenvalue weighted by molar-refractivity contribution is -0.143. The van der Waals surface area contributed by atoms with Gasteiger partial charge >= 0.3 is 12.4 Å². The van der Waals surface area contributed by atoms with E-state index in [-0.39, 0.29) is 5.22 Å². The topological polar surface area (TPSA) is 167 Å². The minimum atomic E-state index is -5.52. The summed E-state index contributed by atoms with van der Waals surface area (Å²) in [5, 5.41) is 64.6. The van der Waals surface area contributed by atoms with Gasteiger partial charge in [0.1, 0.15) is 35.9 Å². The second-order valence-electron chi connectivity index (χ2n) is 6.57. The minimum absolute atomic E-state index is 0.388. The molecule has 0 aliphatic rings. The predicted octanol–water partition coefficient (Wildman–Crippen LogP) is 3.13. The number of nitriles is 7. The largest absolute Gasteiger partial charge is 0.417 e. The summed E-state index contributed by atoms with van der Waals surface area (Å²) < 4.78 is 81.7. The molecule has 2 rings (SSSR count). The van der Waals surface area contributed by atoms with Crippen LogP contribution in [0.4, 0.5) is 26.3 Å². The first kappa shape index (κ1) is 26.4. The summed E-state index contributed by atoms with van der Waals surface area (Å²) in [7, 11) is 0. The minimum Gasteiger partial charge on any atom is -0.192 e. The van der Waals surface area contributed by atoms with Gasteiger partial charge in [-0.25, -0.2) is 0 Å². The van der Waals surface area contributed by atoms with Gasteiger partial charge in [0.05, 0.1) is 51.1 Å². The molecule has 13 heteroatoms. The summed E-state index contributed by atoms with van der Waals surface area (Å²) in [6.07, 6.45) is -11.0. The van der Waals surface area contributed by atoms with Crippen molar-refractivity contribution in [2.45, 2.75) is 12.4 Å². The van der Waals surface area contributed by atoms with Crippen LogP contribution in [0.2, 0.25) is 0 Å². The third kappa shape index (κ3) is 4.48.